The van der Waals surface area contributed by atoms with E-state index in [1.807, 2.05) is 0 Å². The first-order chi connectivity index (χ1) is 18.5. The van der Waals surface area contributed by atoms with Crippen LogP contribution in [0.1, 0.15) is 44.4 Å². The molecule has 0 saturated heterocycles. The molecular formula is C26H39N7O6. The van der Waals surface area contributed by atoms with Crippen LogP contribution < -0.4 is 27.4 Å². The third-order valence-corrected chi connectivity index (χ3v) is 6.15. The van der Waals surface area contributed by atoms with Gasteiger partial charge in [-0.3, -0.25) is 14.4 Å². The van der Waals surface area contributed by atoms with Crippen molar-refractivity contribution in [2.24, 2.45) is 17.4 Å². The number of hydrogen-bond donors (Lipinski definition) is 8. The number of imidazole rings is 1. The van der Waals surface area contributed by atoms with Crippen LogP contribution in [0.4, 0.5) is 0 Å². The predicted octanol–water partition coefficient (Wildman–Crippen LogP) is -0.448. The van der Waals surface area contributed by atoms with Crippen LogP contribution in [0.15, 0.2) is 36.8 Å². The Kier molecular flexibility index (Phi) is 12.4. The van der Waals surface area contributed by atoms with E-state index in [0.29, 0.717) is 30.6 Å². The number of aliphatic carboxylic acids is 1. The van der Waals surface area contributed by atoms with Gasteiger partial charge in [0.25, 0.3) is 0 Å². The average molecular weight is 546 g/mol. The molecular weight excluding hydrogens is 506 g/mol. The van der Waals surface area contributed by atoms with Gasteiger partial charge in [0, 0.05) is 24.7 Å². The Labute approximate surface area is 227 Å². The molecule has 0 aliphatic rings. The Hall–Kier alpha value is -3.97. The van der Waals surface area contributed by atoms with Crippen LogP contribution in [0.2, 0.25) is 0 Å². The minimum Gasteiger partial charge on any atom is -0.508 e. The van der Waals surface area contributed by atoms with Gasteiger partial charge in [0.1, 0.15) is 23.9 Å². The summed E-state index contributed by atoms with van der Waals surface area (Å²) < 4.78 is 0. The SMILES string of the molecule is CC(C)C(NC(=O)C(Cc1ccc(O)cc1)NC(=O)C(CCCCN)NC(=O)C(N)Cc1cnc[nH]1)C(=O)O. The van der Waals surface area contributed by atoms with Crippen molar-refractivity contribution in [2.45, 2.75) is 70.1 Å². The largest absolute Gasteiger partial charge is 0.508 e. The van der Waals surface area contributed by atoms with Gasteiger partial charge in [0.2, 0.25) is 17.7 Å². The molecule has 0 bridgehead atoms. The molecule has 13 nitrogen and oxygen atoms in total. The van der Waals surface area contributed by atoms with Crippen molar-refractivity contribution in [3.05, 3.63) is 48.0 Å². The fourth-order valence-corrected chi connectivity index (χ4v) is 3.88. The van der Waals surface area contributed by atoms with E-state index in [1.54, 1.807) is 32.2 Å². The van der Waals surface area contributed by atoms with Gasteiger partial charge in [-0.25, -0.2) is 9.78 Å². The first-order valence-corrected chi connectivity index (χ1v) is 12.9. The number of amides is 3. The number of benzene rings is 1. The van der Waals surface area contributed by atoms with Gasteiger partial charge in [-0.05, 0) is 49.4 Å². The number of rotatable bonds is 16. The van der Waals surface area contributed by atoms with Crippen molar-refractivity contribution >= 4 is 23.7 Å². The number of hydrogen-bond acceptors (Lipinski definition) is 8. The summed E-state index contributed by atoms with van der Waals surface area (Å²) in [6, 6.07) is 1.78. The number of carbonyl (C=O) groups excluding carboxylic acids is 3. The number of carboxylic acid groups (broad SMARTS) is 1. The summed E-state index contributed by atoms with van der Waals surface area (Å²) >= 11 is 0. The molecule has 0 spiro atoms. The Morgan fingerprint density at radius 1 is 0.949 bits per heavy atom. The Morgan fingerprint density at radius 3 is 2.15 bits per heavy atom. The zero-order valence-corrected chi connectivity index (χ0v) is 22.2. The number of phenols is 1. The lowest BCUT2D eigenvalue weighted by atomic mass is 10.0. The van der Waals surface area contributed by atoms with Crippen molar-refractivity contribution in [3.63, 3.8) is 0 Å². The standard InChI is InChI=1S/C26H39N7O6/c1-15(2)22(26(38)39)33-25(37)21(11-16-6-8-18(34)9-7-16)32-24(36)20(5-3-4-10-27)31-23(35)19(28)12-17-13-29-14-30-17/h6-9,13-15,19-22,34H,3-5,10-12,27-28H2,1-2H3,(H,29,30)(H,31,35)(H,32,36)(H,33,37)(H,38,39). The highest BCUT2D eigenvalue weighted by molar-refractivity contribution is 5.94. The predicted molar refractivity (Wildman–Crippen MR) is 143 cm³/mol. The maximum absolute atomic E-state index is 13.4. The van der Waals surface area contributed by atoms with E-state index in [9.17, 15) is 29.4 Å². The third kappa shape index (κ3) is 10.4. The first-order valence-electron chi connectivity index (χ1n) is 12.9. The monoisotopic (exact) mass is 545 g/mol. The highest BCUT2D eigenvalue weighted by atomic mass is 16.4. The number of unbranched alkanes of at least 4 members (excludes halogenated alkanes) is 1. The van der Waals surface area contributed by atoms with Crippen LogP contribution >= 0.6 is 0 Å². The average Bonchev–Trinajstić information content (AvgIpc) is 3.39. The molecule has 0 fully saturated rings. The number of aromatic hydroxyl groups is 1. The van der Waals surface area contributed by atoms with E-state index in [-0.39, 0.29) is 25.0 Å². The van der Waals surface area contributed by atoms with Gasteiger partial charge in [0.15, 0.2) is 0 Å². The van der Waals surface area contributed by atoms with Crippen molar-refractivity contribution in [1.29, 1.82) is 0 Å². The Morgan fingerprint density at radius 2 is 1.59 bits per heavy atom. The van der Waals surface area contributed by atoms with Crippen LogP contribution in [-0.4, -0.2) is 74.6 Å². The number of aromatic nitrogens is 2. The summed E-state index contributed by atoms with van der Waals surface area (Å²) in [6.07, 6.45) is 4.62. The smallest absolute Gasteiger partial charge is 0.326 e. The second-order valence-corrected chi connectivity index (χ2v) is 9.73. The lowest BCUT2D eigenvalue weighted by molar-refractivity contribution is -0.143. The molecule has 13 heteroatoms. The molecule has 0 aliphatic heterocycles. The number of nitrogens with one attached hydrogen (secondary N) is 4. The van der Waals surface area contributed by atoms with Gasteiger partial charge in [-0.2, -0.15) is 0 Å². The molecule has 214 valence electrons. The molecule has 10 N–H and O–H groups in total. The molecule has 1 heterocycles. The fourth-order valence-electron chi connectivity index (χ4n) is 3.88. The van der Waals surface area contributed by atoms with Crippen LogP contribution in [0.5, 0.6) is 5.75 Å². The molecule has 39 heavy (non-hydrogen) atoms. The van der Waals surface area contributed by atoms with E-state index in [2.05, 4.69) is 25.9 Å². The normalized spacial score (nSPS) is 14.2. The van der Waals surface area contributed by atoms with Crippen molar-refractivity contribution in [1.82, 2.24) is 25.9 Å². The van der Waals surface area contributed by atoms with Crippen molar-refractivity contribution < 1.29 is 29.4 Å². The number of carbonyl (C=O) groups is 4. The fraction of sp³-hybridized carbons (Fsp3) is 0.500. The number of nitrogens with two attached hydrogens (primary N) is 2. The highest BCUT2D eigenvalue weighted by Crippen LogP contribution is 2.13. The van der Waals surface area contributed by atoms with Gasteiger partial charge in [-0.1, -0.05) is 26.0 Å². The van der Waals surface area contributed by atoms with E-state index in [1.165, 1.54) is 18.5 Å². The van der Waals surface area contributed by atoms with Gasteiger partial charge in [-0.15, -0.1) is 0 Å². The molecule has 1 aromatic carbocycles. The summed E-state index contributed by atoms with van der Waals surface area (Å²) in [4.78, 5) is 57.8. The zero-order chi connectivity index (χ0) is 28.9. The molecule has 4 atom stereocenters. The molecule has 4 unspecified atom stereocenters. The second kappa shape index (κ2) is 15.4. The van der Waals surface area contributed by atoms with E-state index >= 15 is 0 Å². The number of H-pyrrole nitrogens is 1. The maximum atomic E-state index is 13.4. The summed E-state index contributed by atoms with van der Waals surface area (Å²) in [5, 5.41) is 26.9. The van der Waals surface area contributed by atoms with Crippen molar-refractivity contribution in [3.8, 4) is 5.75 Å². The van der Waals surface area contributed by atoms with Crippen LogP contribution in [0, 0.1) is 5.92 Å². The Bertz CT molecular complexity index is 1070. The van der Waals surface area contributed by atoms with Crippen LogP contribution in [-0.2, 0) is 32.0 Å². The van der Waals surface area contributed by atoms with E-state index in [0.717, 1.165) is 0 Å². The molecule has 1 aromatic heterocycles. The minimum atomic E-state index is -1.20. The first kappa shape index (κ1) is 31.2. The highest BCUT2D eigenvalue weighted by Gasteiger charge is 2.31. The maximum Gasteiger partial charge on any atom is 0.326 e. The molecule has 0 radical (unpaired) electrons. The van der Waals surface area contributed by atoms with E-state index in [4.69, 9.17) is 11.5 Å². The van der Waals surface area contributed by atoms with E-state index < -0.39 is 53.8 Å². The number of nitrogens with zero attached hydrogens (tertiary/aromatic N) is 1. The summed E-state index contributed by atoms with van der Waals surface area (Å²) in [5.41, 5.74) is 12.9. The van der Waals surface area contributed by atoms with Gasteiger partial charge < -0.3 is 42.6 Å². The summed E-state index contributed by atoms with van der Waals surface area (Å²) in [7, 11) is 0. The summed E-state index contributed by atoms with van der Waals surface area (Å²) in [6.45, 7) is 3.71. The molecule has 0 saturated carbocycles. The number of phenolic OH excluding ortho intramolecular Hbond substituents is 1. The van der Waals surface area contributed by atoms with Gasteiger partial charge in [0.05, 0.1) is 12.4 Å². The zero-order valence-electron chi connectivity index (χ0n) is 22.2. The third-order valence-electron chi connectivity index (χ3n) is 6.15. The van der Waals surface area contributed by atoms with Crippen LogP contribution in [0.3, 0.4) is 0 Å². The van der Waals surface area contributed by atoms with Gasteiger partial charge >= 0.3 is 5.97 Å². The molecule has 0 aliphatic carbocycles. The Balaban J connectivity index is 2.21. The minimum absolute atomic E-state index is 0.0189. The number of aromatic amines is 1. The topological polar surface area (TPSA) is 226 Å². The lowest BCUT2D eigenvalue weighted by Gasteiger charge is -2.26. The lowest BCUT2D eigenvalue weighted by Crippen LogP contribution is -2.58. The quantitative estimate of drug-likeness (QED) is 0.128. The van der Waals surface area contributed by atoms with Crippen molar-refractivity contribution in [2.75, 3.05) is 6.54 Å². The molecule has 2 aromatic rings. The molecule has 2 rings (SSSR count). The molecule has 3 amide bonds. The van der Waals surface area contributed by atoms with Crippen LogP contribution in [0.25, 0.3) is 0 Å². The summed E-state index contributed by atoms with van der Waals surface area (Å²) in [5.74, 6) is -3.45. The number of carboxylic acids is 1. The second-order valence-electron chi connectivity index (χ2n) is 9.73.